The minimum atomic E-state index is -4.79. The first-order valence-corrected chi connectivity index (χ1v) is 12.0. The number of benzene rings is 1. The zero-order chi connectivity index (χ0) is 26.8. The molecule has 2 aliphatic rings. The quantitative estimate of drug-likeness (QED) is 0.509. The van der Waals surface area contributed by atoms with Gasteiger partial charge in [-0.2, -0.15) is 0 Å². The van der Waals surface area contributed by atoms with E-state index in [4.69, 9.17) is 0 Å². The van der Waals surface area contributed by atoms with E-state index in [-0.39, 0.29) is 31.3 Å². The highest BCUT2D eigenvalue weighted by Crippen LogP contribution is 2.35. The number of aliphatic hydroxyl groups is 2. The summed E-state index contributed by atoms with van der Waals surface area (Å²) in [6.45, 7) is 2.57. The number of nitrogens with one attached hydrogen (secondary N) is 1. The van der Waals surface area contributed by atoms with Crippen LogP contribution in [0, 0.1) is 5.92 Å². The molecule has 2 aromatic rings. The van der Waals surface area contributed by atoms with Crippen molar-refractivity contribution < 1.29 is 37.7 Å². The maximum Gasteiger partial charge on any atom is 0.573 e. The lowest BCUT2D eigenvalue weighted by Gasteiger charge is -2.35. The van der Waals surface area contributed by atoms with Gasteiger partial charge < -0.3 is 30.1 Å². The molecular formula is C25H29F3N4O5. The molecule has 0 radical (unpaired) electrons. The van der Waals surface area contributed by atoms with E-state index in [9.17, 15) is 33.0 Å². The van der Waals surface area contributed by atoms with E-state index < -0.39 is 29.9 Å². The maximum atomic E-state index is 12.8. The van der Waals surface area contributed by atoms with Gasteiger partial charge in [-0.25, -0.2) is 0 Å². The van der Waals surface area contributed by atoms with Crippen molar-refractivity contribution in [2.24, 2.45) is 5.92 Å². The first-order valence-electron chi connectivity index (χ1n) is 12.0. The minimum absolute atomic E-state index is 0.00121. The smallest absolute Gasteiger partial charge is 0.404 e. The average Bonchev–Trinajstić information content (AvgIpc) is 3.30. The van der Waals surface area contributed by atoms with Crippen molar-refractivity contribution in [3.8, 4) is 5.75 Å². The van der Waals surface area contributed by atoms with Crippen molar-refractivity contribution in [3.05, 3.63) is 53.9 Å². The summed E-state index contributed by atoms with van der Waals surface area (Å²) in [6.07, 6.45) is -4.01. The van der Waals surface area contributed by atoms with Crippen LogP contribution in [0.5, 0.6) is 5.75 Å². The van der Waals surface area contributed by atoms with Crippen LogP contribution in [0.3, 0.4) is 0 Å². The van der Waals surface area contributed by atoms with Gasteiger partial charge in [0.25, 0.3) is 11.8 Å². The van der Waals surface area contributed by atoms with E-state index in [1.807, 2.05) is 6.07 Å². The Balaban J connectivity index is 1.28. The summed E-state index contributed by atoms with van der Waals surface area (Å²) in [6, 6.07) is 9.50. The molecule has 0 bridgehead atoms. The van der Waals surface area contributed by atoms with Crippen LogP contribution in [0.25, 0.3) is 0 Å². The molecule has 200 valence electrons. The zero-order valence-electron chi connectivity index (χ0n) is 20.2. The van der Waals surface area contributed by atoms with Crippen LogP contribution in [0.15, 0.2) is 42.6 Å². The molecule has 12 heteroatoms. The van der Waals surface area contributed by atoms with Gasteiger partial charge in [-0.05, 0) is 49.4 Å². The monoisotopic (exact) mass is 522 g/mol. The lowest BCUT2D eigenvalue weighted by Crippen LogP contribution is -2.58. The van der Waals surface area contributed by atoms with Crippen molar-refractivity contribution in [1.29, 1.82) is 0 Å². The molecule has 3 N–H and O–H groups in total. The predicted molar refractivity (Wildman–Crippen MR) is 126 cm³/mol. The molecule has 4 rings (SSSR count). The van der Waals surface area contributed by atoms with E-state index in [0.717, 1.165) is 12.5 Å². The Labute approximate surface area is 211 Å². The Morgan fingerprint density at radius 1 is 1.16 bits per heavy atom. The number of amides is 2. The summed E-state index contributed by atoms with van der Waals surface area (Å²) in [5.41, 5.74) is -0.475. The molecular weight excluding hydrogens is 493 g/mol. The average molecular weight is 523 g/mol. The summed E-state index contributed by atoms with van der Waals surface area (Å²) in [5, 5.41) is 23.9. The molecule has 0 aliphatic carbocycles. The van der Waals surface area contributed by atoms with Crippen molar-refractivity contribution >= 4 is 17.5 Å². The van der Waals surface area contributed by atoms with Crippen LogP contribution in [0.1, 0.15) is 31.0 Å². The Morgan fingerprint density at radius 3 is 2.54 bits per heavy atom. The number of fused-ring (bicyclic) bond motifs is 1. The molecule has 1 saturated heterocycles. The van der Waals surface area contributed by atoms with Crippen molar-refractivity contribution in [2.45, 2.75) is 50.9 Å². The largest absolute Gasteiger partial charge is 0.573 e. The van der Waals surface area contributed by atoms with Crippen LogP contribution >= 0.6 is 0 Å². The Hall–Kier alpha value is -3.38. The number of rotatable bonds is 7. The summed E-state index contributed by atoms with van der Waals surface area (Å²) < 4.78 is 42.3. The number of pyridine rings is 1. The van der Waals surface area contributed by atoms with Gasteiger partial charge in [-0.3, -0.25) is 14.6 Å². The van der Waals surface area contributed by atoms with Crippen LogP contribution in [-0.4, -0.2) is 69.6 Å². The molecule has 3 heterocycles. The van der Waals surface area contributed by atoms with Gasteiger partial charge in [0.15, 0.2) is 17.5 Å². The third-order valence-electron chi connectivity index (χ3n) is 6.82. The van der Waals surface area contributed by atoms with Gasteiger partial charge in [0, 0.05) is 32.4 Å². The lowest BCUT2D eigenvalue weighted by atomic mass is 9.94. The number of halogens is 3. The molecule has 0 spiro atoms. The Kier molecular flexibility index (Phi) is 7.60. The predicted octanol–water partition coefficient (Wildman–Crippen LogP) is 1.97. The highest BCUT2D eigenvalue weighted by Gasteiger charge is 2.45. The number of alkyl halides is 3. The lowest BCUT2D eigenvalue weighted by molar-refractivity contribution is -0.274. The van der Waals surface area contributed by atoms with Gasteiger partial charge in [0.05, 0.1) is 17.9 Å². The number of para-hydroxylation sites is 2. The SMILES string of the molecule is C[C@](O)(C(=O)NCC1CCN(c2ccccc2OC(F)(F)F)CC1)[C@@H](O)C(=O)N1Cc2cccnc2C1. The fourth-order valence-corrected chi connectivity index (χ4v) is 4.62. The number of hydrogen-bond acceptors (Lipinski definition) is 7. The molecule has 9 nitrogen and oxygen atoms in total. The van der Waals surface area contributed by atoms with Crippen molar-refractivity contribution in [2.75, 3.05) is 24.5 Å². The van der Waals surface area contributed by atoms with Crippen LogP contribution in [-0.2, 0) is 22.7 Å². The van der Waals surface area contributed by atoms with E-state index in [1.165, 1.54) is 17.0 Å². The normalized spacial score (nSPS) is 18.6. The second kappa shape index (κ2) is 10.5. The number of piperidine rings is 1. The van der Waals surface area contributed by atoms with Gasteiger partial charge in [-0.1, -0.05) is 18.2 Å². The van der Waals surface area contributed by atoms with Gasteiger partial charge in [0.1, 0.15) is 0 Å². The van der Waals surface area contributed by atoms with E-state index in [2.05, 4.69) is 15.0 Å². The molecule has 37 heavy (non-hydrogen) atoms. The molecule has 1 aromatic heterocycles. The fraction of sp³-hybridized carbons (Fsp3) is 0.480. The fourth-order valence-electron chi connectivity index (χ4n) is 4.62. The molecule has 2 aliphatic heterocycles. The number of hydrogen-bond donors (Lipinski definition) is 3. The second-order valence-electron chi connectivity index (χ2n) is 9.51. The summed E-state index contributed by atoms with van der Waals surface area (Å²) in [4.78, 5) is 32.8. The first-order chi connectivity index (χ1) is 17.5. The van der Waals surface area contributed by atoms with Crippen molar-refractivity contribution in [1.82, 2.24) is 15.2 Å². The van der Waals surface area contributed by atoms with Crippen LogP contribution in [0.2, 0.25) is 0 Å². The molecule has 1 aromatic carbocycles. The first kappa shape index (κ1) is 26.7. The highest BCUT2D eigenvalue weighted by atomic mass is 19.4. The molecule has 2 amide bonds. The Bertz CT molecular complexity index is 1110. The molecule has 1 fully saturated rings. The van der Waals surface area contributed by atoms with Gasteiger partial charge >= 0.3 is 6.36 Å². The topological polar surface area (TPSA) is 115 Å². The number of carbonyl (C=O) groups excluding carboxylic acids is 2. The number of aliphatic hydroxyl groups excluding tert-OH is 1. The molecule has 2 atom stereocenters. The van der Waals surface area contributed by atoms with Crippen LogP contribution < -0.4 is 15.0 Å². The highest BCUT2D eigenvalue weighted by molar-refractivity contribution is 5.94. The molecule has 0 saturated carbocycles. The van der Waals surface area contributed by atoms with E-state index in [1.54, 1.807) is 29.3 Å². The third-order valence-corrected chi connectivity index (χ3v) is 6.82. The summed E-state index contributed by atoms with van der Waals surface area (Å²) in [5.74, 6) is -1.92. The minimum Gasteiger partial charge on any atom is -0.404 e. The zero-order valence-corrected chi connectivity index (χ0v) is 20.2. The van der Waals surface area contributed by atoms with Crippen LogP contribution in [0.4, 0.5) is 18.9 Å². The van der Waals surface area contributed by atoms with Crippen molar-refractivity contribution in [3.63, 3.8) is 0 Å². The van der Waals surface area contributed by atoms with E-state index in [0.29, 0.717) is 37.3 Å². The summed E-state index contributed by atoms with van der Waals surface area (Å²) in [7, 11) is 0. The number of nitrogens with zero attached hydrogens (tertiary/aromatic N) is 3. The number of anilines is 1. The number of carbonyl (C=O) groups is 2. The Morgan fingerprint density at radius 2 is 1.86 bits per heavy atom. The second-order valence-corrected chi connectivity index (χ2v) is 9.51. The van der Waals surface area contributed by atoms with Gasteiger partial charge in [0.2, 0.25) is 0 Å². The number of aromatic nitrogens is 1. The third kappa shape index (κ3) is 6.13. The molecule has 0 unspecified atom stereocenters. The maximum absolute atomic E-state index is 12.8. The number of ether oxygens (including phenoxy) is 1. The standard InChI is InChI=1S/C25H29F3N4O5/c1-24(36,21(33)22(34)32-14-17-5-4-10-29-18(17)15-32)23(35)30-13-16-8-11-31(12-9-16)19-6-2-3-7-20(19)37-25(26,27)28/h2-7,10,16,21,33,36H,8-9,11-15H2,1H3,(H,30,35)/t21-,24+/m0/s1. The van der Waals surface area contributed by atoms with E-state index >= 15 is 0 Å². The van der Waals surface area contributed by atoms with Gasteiger partial charge in [-0.15, -0.1) is 13.2 Å². The summed E-state index contributed by atoms with van der Waals surface area (Å²) >= 11 is 0.